The second-order valence-corrected chi connectivity index (χ2v) is 5.11. The maximum absolute atomic E-state index is 11.8. The Balaban J connectivity index is 1.90. The molecule has 0 saturated carbocycles. The first-order valence-electron chi connectivity index (χ1n) is 7.63. The molecule has 0 heterocycles. The van der Waals surface area contributed by atoms with Crippen molar-refractivity contribution < 1.29 is 28.7 Å². The molecule has 2 N–H and O–H groups in total. The summed E-state index contributed by atoms with van der Waals surface area (Å²) >= 11 is 0. The molecule has 27 heavy (non-hydrogen) atoms. The molecule has 2 rings (SSSR count). The van der Waals surface area contributed by atoms with Crippen molar-refractivity contribution in [1.82, 2.24) is 5.32 Å². The lowest BCUT2D eigenvalue weighted by Gasteiger charge is -2.11. The number of nitro benzene ring substituents is 1. The molecule has 10 heteroatoms. The van der Waals surface area contributed by atoms with Crippen LogP contribution < -0.4 is 24.8 Å². The minimum absolute atomic E-state index is 0.0115. The number of nitrogens with one attached hydrogen (secondary N) is 2. The third kappa shape index (κ3) is 5.59. The Morgan fingerprint density at radius 1 is 1.04 bits per heavy atom. The highest BCUT2D eigenvalue weighted by Gasteiger charge is 2.15. The number of hydrogen-bond donors (Lipinski definition) is 2. The van der Waals surface area contributed by atoms with Crippen LogP contribution in [-0.4, -0.2) is 37.7 Å². The lowest BCUT2D eigenvalue weighted by atomic mass is 10.3. The van der Waals surface area contributed by atoms with Gasteiger partial charge in [-0.25, -0.2) is 4.79 Å². The summed E-state index contributed by atoms with van der Waals surface area (Å²) in [6, 6.07) is 9.48. The SMILES string of the molecule is COc1ccc(NC(=O)NC(=O)COc2cc([N+](=O)[O-])ccc2OC)cc1. The zero-order chi connectivity index (χ0) is 19.8. The van der Waals surface area contributed by atoms with Gasteiger partial charge >= 0.3 is 6.03 Å². The molecule has 0 bridgehead atoms. The van der Waals surface area contributed by atoms with Crippen molar-refractivity contribution >= 4 is 23.3 Å². The summed E-state index contributed by atoms with van der Waals surface area (Å²) in [5, 5.41) is 15.4. The fourth-order valence-corrected chi connectivity index (χ4v) is 2.03. The van der Waals surface area contributed by atoms with Crippen LogP contribution in [0.15, 0.2) is 42.5 Å². The Hall–Kier alpha value is -3.82. The number of imide groups is 1. The zero-order valence-corrected chi connectivity index (χ0v) is 14.6. The average molecular weight is 375 g/mol. The van der Waals surface area contributed by atoms with Gasteiger partial charge in [-0.05, 0) is 30.3 Å². The van der Waals surface area contributed by atoms with Crippen LogP contribution >= 0.6 is 0 Å². The van der Waals surface area contributed by atoms with E-state index in [1.54, 1.807) is 24.3 Å². The summed E-state index contributed by atoms with van der Waals surface area (Å²) in [5.41, 5.74) is 0.242. The Morgan fingerprint density at radius 2 is 1.74 bits per heavy atom. The van der Waals surface area contributed by atoms with E-state index < -0.39 is 23.5 Å². The van der Waals surface area contributed by atoms with Crippen molar-refractivity contribution in [1.29, 1.82) is 0 Å². The van der Waals surface area contributed by atoms with Crippen molar-refractivity contribution in [2.24, 2.45) is 0 Å². The summed E-state index contributed by atoms with van der Waals surface area (Å²) in [5.74, 6) is 0.111. The van der Waals surface area contributed by atoms with Crippen LogP contribution in [0.3, 0.4) is 0 Å². The van der Waals surface area contributed by atoms with E-state index in [1.807, 2.05) is 0 Å². The molecule has 0 radical (unpaired) electrons. The highest BCUT2D eigenvalue weighted by Crippen LogP contribution is 2.31. The summed E-state index contributed by atoms with van der Waals surface area (Å²) in [4.78, 5) is 33.9. The van der Waals surface area contributed by atoms with E-state index in [1.165, 1.54) is 26.4 Å². The van der Waals surface area contributed by atoms with Crippen LogP contribution in [0.25, 0.3) is 0 Å². The predicted octanol–water partition coefficient (Wildman–Crippen LogP) is 2.34. The number of rotatable bonds is 7. The summed E-state index contributed by atoms with van der Waals surface area (Å²) in [6.07, 6.45) is 0. The minimum Gasteiger partial charge on any atom is -0.497 e. The Kier molecular flexibility index (Phi) is 6.53. The molecule has 0 unspecified atom stereocenters. The smallest absolute Gasteiger partial charge is 0.325 e. The number of carbonyl (C=O) groups excluding carboxylic acids is 2. The second-order valence-electron chi connectivity index (χ2n) is 5.11. The fraction of sp³-hybridized carbons (Fsp3) is 0.176. The van der Waals surface area contributed by atoms with Gasteiger partial charge < -0.3 is 19.5 Å². The van der Waals surface area contributed by atoms with Crippen LogP contribution in [0, 0.1) is 10.1 Å². The van der Waals surface area contributed by atoms with Gasteiger partial charge in [0.05, 0.1) is 25.2 Å². The van der Waals surface area contributed by atoms with Crippen LogP contribution in [0.4, 0.5) is 16.2 Å². The highest BCUT2D eigenvalue weighted by molar-refractivity contribution is 6.01. The van der Waals surface area contributed by atoms with Crippen molar-refractivity contribution in [3.8, 4) is 17.2 Å². The normalized spacial score (nSPS) is 9.85. The van der Waals surface area contributed by atoms with E-state index in [0.717, 1.165) is 6.07 Å². The molecule has 0 aliphatic carbocycles. The molecule has 0 aromatic heterocycles. The van der Waals surface area contributed by atoms with E-state index in [4.69, 9.17) is 14.2 Å². The number of hydrogen-bond acceptors (Lipinski definition) is 7. The second kappa shape index (κ2) is 9.04. The maximum atomic E-state index is 11.8. The lowest BCUT2D eigenvalue weighted by Crippen LogP contribution is -2.37. The molecule has 2 aromatic carbocycles. The summed E-state index contributed by atoms with van der Waals surface area (Å²) in [6.45, 7) is -0.534. The van der Waals surface area contributed by atoms with Crippen molar-refractivity contribution in [3.63, 3.8) is 0 Å². The van der Waals surface area contributed by atoms with Gasteiger partial charge in [0.15, 0.2) is 18.1 Å². The van der Waals surface area contributed by atoms with Gasteiger partial charge in [0.1, 0.15) is 5.75 Å². The van der Waals surface area contributed by atoms with E-state index in [0.29, 0.717) is 11.4 Å². The van der Waals surface area contributed by atoms with E-state index in [9.17, 15) is 19.7 Å². The standard InChI is InChI=1S/C17H17N3O7/c1-25-13-6-3-11(4-7-13)18-17(22)19-16(21)10-27-15-9-12(20(23)24)5-8-14(15)26-2/h3-9H,10H2,1-2H3,(H2,18,19,21,22). The number of nitrogens with zero attached hydrogens (tertiary/aromatic N) is 1. The Bertz CT molecular complexity index is 837. The van der Waals surface area contributed by atoms with Crippen LogP contribution in [-0.2, 0) is 4.79 Å². The van der Waals surface area contributed by atoms with Crippen LogP contribution in [0.1, 0.15) is 0 Å². The van der Waals surface area contributed by atoms with Crippen LogP contribution in [0.5, 0.6) is 17.2 Å². The van der Waals surface area contributed by atoms with Crippen molar-refractivity contribution in [2.75, 3.05) is 26.1 Å². The fourth-order valence-electron chi connectivity index (χ4n) is 2.03. The first-order chi connectivity index (χ1) is 12.9. The first-order valence-corrected chi connectivity index (χ1v) is 7.63. The minimum atomic E-state index is -0.750. The van der Waals surface area contributed by atoms with Crippen molar-refractivity contribution in [3.05, 3.63) is 52.6 Å². The van der Waals surface area contributed by atoms with Crippen molar-refractivity contribution in [2.45, 2.75) is 0 Å². The highest BCUT2D eigenvalue weighted by atomic mass is 16.6. The molecule has 0 fully saturated rings. The molecule has 142 valence electrons. The molecule has 10 nitrogen and oxygen atoms in total. The summed E-state index contributed by atoms with van der Waals surface area (Å²) < 4.78 is 15.2. The van der Waals surface area contributed by atoms with E-state index >= 15 is 0 Å². The third-order valence-electron chi connectivity index (χ3n) is 3.32. The molecule has 0 atom stereocenters. The van der Waals surface area contributed by atoms with Gasteiger partial charge in [0.2, 0.25) is 0 Å². The van der Waals surface area contributed by atoms with Gasteiger partial charge in [-0.2, -0.15) is 0 Å². The van der Waals surface area contributed by atoms with Gasteiger partial charge in [0, 0.05) is 11.8 Å². The monoisotopic (exact) mass is 375 g/mol. The first kappa shape index (κ1) is 19.5. The Labute approximate surface area is 154 Å². The molecule has 3 amide bonds. The molecular weight excluding hydrogens is 358 g/mol. The predicted molar refractivity (Wildman–Crippen MR) is 95.3 cm³/mol. The number of anilines is 1. The molecule has 2 aromatic rings. The zero-order valence-electron chi connectivity index (χ0n) is 14.6. The Morgan fingerprint density at radius 3 is 2.33 bits per heavy atom. The van der Waals surface area contributed by atoms with E-state index in [2.05, 4.69) is 10.6 Å². The molecule has 0 aliphatic heterocycles. The largest absolute Gasteiger partial charge is 0.497 e. The van der Waals surface area contributed by atoms with Gasteiger partial charge in [-0.15, -0.1) is 0 Å². The number of urea groups is 1. The number of benzene rings is 2. The topological polar surface area (TPSA) is 129 Å². The molecule has 0 saturated heterocycles. The number of non-ortho nitro benzene ring substituents is 1. The number of methoxy groups -OCH3 is 2. The summed E-state index contributed by atoms with van der Waals surface area (Å²) in [7, 11) is 2.88. The molecule has 0 spiro atoms. The number of amides is 3. The molecule has 0 aliphatic rings. The lowest BCUT2D eigenvalue weighted by molar-refractivity contribution is -0.385. The molecular formula is C17H17N3O7. The maximum Gasteiger partial charge on any atom is 0.325 e. The quantitative estimate of drug-likeness (QED) is 0.561. The number of carbonyl (C=O) groups is 2. The average Bonchev–Trinajstić information content (AvgIpc) is 2.66. The number of nitro groups is 1. The van der Waals surface area contributed by atoms with Gasteiger partial charge in [-0.3, -0.25) is 20.2 Å². The van der Waals surface area contributed by atoms with Crippen LogP contribution in [0.2, 0.25) is 0 Å². The van der Waals surface area contributed by atoms with Gasteiger partial charge in [-0.1, -0.05) is 0 Å². The van der Waals surface area contributed by atoms with E-state index in [-0.39, 0.29) is 17.2 Å². The third-order valence-corrected chi connectivity index (χ3v) is 3.32. The van der Waals surface area contributed by atoms with Gasteiger partial charge in [0.25, 0.3) is 11.6 Å². The number of ether oxygens (including phenoxy) is 3.